The predicted molar refractivity (Wildman–Crippen MR) is 148 cm³/mol. The van der Waals surface area contributed by atoms with Crippen LogP contribution in [0.25, 0.3) is 0 Å². The number of ether oxygens (including phenoxy) is 1. The van der Waals surface area contributed by atoms with E-state index in [4.69, 9.17) is 4.74 Å². The molecule has 1 unspecified atom stereocenters. The Labute approximate surface area is 238 Å². The van der Waals surface area contributed by atoms with Gasteiger partial charge in [-0.15, -0.1) is 0 Å². The van der Waals surface area contributed by atoms with Crippen molar-refractivity contribution >= 4 is 17.4 Å². The zero-order chi connectivity index (χ0) is 29.6. The number of anilines is 1. The molecule has 41 heavy (non-hydrogen) atoms. The highest BCUT2D eigenvalue weighted by atomic mass is 32.2. The SMILES string of the molecule is CCc1cccc(Oc2cccc(N(Cc3cccc(SC(F)(F)F)c3)C(CO)c3cccc(C(F)(F)F)c3)c2)c1. The van der Waals surface area contributed by atoms with Crippen LogP contribution in [-0.2, 0) is 19.1 Å². The van der Waals surface area contributed by atoms with E-state index in [9.17, 15) is 31.4 Å². The van der Waals surface area contributed by atoms with Gasteiger partial charge < -0.3 is 14.7 Å². The van der Waals surface area contributed by atoms with E-state index in [0.29, 0.717) is 22.7 Å². The molecule has 0 radical (unpaired) electrons. The summed E-state index contributed by atoms with van der Waals surface area (Å²) in [6.45, 7) is 1.47. The first-order valence-electron chi connectivity index (χ1n) is 12.7. The van der Waals surface area contributed by atoms with Crippen LogP contribution in [0, 0.1) is 0 Å². The summed E-state index contributed by atoms with van der Waals surface area (Å²) in [5.74, 6) is 1.05. The summed E-state index contributed by atoms with van der Waals surface area (Å²) in [6, 6.07) is 23.9. The molecule has 0 saturated heterocycles. The van der Waals surface area contributed by atoms with Crippen molar-refractivity contribution in [3.05, 3.63) is 119 Å². The Hall–Kier alpha value is -3.63. The average Bonchev–Trinajstić information content (AvgIpc) is 2.92. The summed E-state index contributed by atoms with van der Waals surface area (Å²) in [5, 5.41) is 10.4. The van der Waals surface area contributed by atoms with Crippen LogP contribution < -0.4 is 9.64 Å². The molecule has 4 aromatic rings. The van der Waals surface area contributed by atoms with E-state index in [-0.39, 0.29) is 28.8 Å². The van der Waals surface area contributed by atoms with Crippen LogP contribution >= 0.6 is 11.8 Å². The Kier molecular flexibility index (Phi) is 9.55. The first-order valence-corrected chi connectivity index (χ1v) is 13.5. The van der Waals surface area contributed by atoms with Crippen molar-refractivity contribution in [2.24, 2.45) is 0 Å². The molecule has 3 nitrogen and oxygen atoms in total. The van der Waals surface area contributed by atoms with Gasteiger partial charge in [-0.05, 0) is 83.4 Å². The molecule has 216 valence electrons. The summed E-state index contributed by atoms with van der Waals surface area (Å²) < 4.78 is 85.7. The van der Waals surface area contributed by atoms with Gasteiger partial charge in [0.1, 0.15) is 11.5 Å². The molecule has 10 heteroatoms. The molecule has 0 bridgehead atoms. The fourth-order valence-electron chi connectivity index (χ4n) is 4.42. The smallest absolute Gasteiger partial charge is 0.446 e. The summed E-state index contributed by atoms with van der Waals surface area (Å²) in [6.07, 6.45) is -3.78. The van der Waals surface area contributed by atoms with Gasteiger partial charge in [-0.25, -0.2) is 0 Å². The minimum Gasteiger partial charge on any atom is -0.457 e. The number of benzene rings is 4. The Bertz CT molecular complexity index is 1460. The third kappa shape index (κ3) is 8.43. The van der Waals surface area contributed by atoms with E-state index in [1.165, 1.54) is 30.3 Å². The second-order valence-corrected chi connectivity index (χ2v) is 10.4. The third-order valence-electron chi connectivity index (χ3n) is 6.32. The molecule has 0 amide bonds. The highest BCUT2D eigenvalue weighted by molar-refractivity contribution is 8.00. The van der Waals surface area contributed by atoms with Crippen molar-refractivity contribution in [2.45, 2.75) is 42.5 Å². The van der Waals surface area contributed by atoms with Gasteiger partial charge in [-0.1, -0.05) is 49.4 Å². The van der Waals surface area contributed by atoms with E-state index < -0.39 is 29.9 Å². The molecule has 1 atom stereocenters. The Morgan fingerprint density at radius 2 is 1.44 bits per heavy atom. The second-order valence-electron chi connectivity index (χ2n) is 9.25. The van der Waals surface area contributed by atoms with Gasteiger partial charge in [0.2, 0.25) is 0 Å². The Morgan fingerprint density at radius 1 is 0.780 bits per heavy atom. The maximum absolute atomic E-state index is 13.5. The zero-order valence-electron chi connectivity index (χ0n) is 21.9. The molecule has 0 spiro atoms. The topological polar surface area (TPSA) is 32.7 Å². The van der Waals surface area contributed by atoms with Crippen molar-refractivity contribution in [1.82, 2.24) is 0 Å². The van der Waals surface area contributed by atoms with Crippen molar-refractivity contribution in [3.8, 4) is 11.5 Å². The van der Waals surface area contributed by atoms with Crippen LogP contribution in [0.3, 0.4) is 0 Å². The minimum absolute atomic E-state index is 0.00248. The first kappa shape index (κ1) is 30.3. The number of aliphatic hydroxyl groups excluding tert-OH is 1. The van der Waals surface area contributed by atoms with Gasteiger partial charge in [0.25, 0.3) is 0 Å². The standard InChI is InChI=1S/C31H27F6NO2S/c1-2-21-7-3-12-26(15-21)40-27-13-6-11-25(18-27)38(19-22-8-4-14-28(16-22)41-31(35,36)37)29(20-39)23-9-5-10-24(17-23)30(32,33)34/h3-18,29,39H,2,19-20H2,1H3. The maximum atomic E-state index is 13.5. The fraction of sp³-hybridized carbons (Fsp3) is 0.226. The van der Waals surface area contributed by atoms with Crippen molar-refractivity contribution in [2.75, 3.05) is 11.5 Å². The van der Waals surface area contributed by atoms with Crippen LogP contribution in [-0.4, -0.2) is 17.2 Å². The van der Waals surface area contributed by atoms with Crippen molar-refractivity contribution in [1.29, 1.82) is 0 Å². The van der Waals surface area contributed by atoms with Crippen molar-refractivity contribution < 1.29 is 36.2 Å². The number of hydrogen-bond donors (Lipinski definition) is 1. The lowest BCUT2D eigenvalue weighted by Crippen LogP contribution is -2.31. The molecular formula is C31H27F6NO2S. The number of hydrogen-bond acceptors (Lipinski definition) is 4. The van der Waals surface area contributed by atoms with E-state index in [2.05, 4.69) is 0 Å². The van der Waals surface area contributed by atoms with Crippen LogP contribution in [0.2, 0.25) is 0 Å². The Balaban J connectivity index is 1.74. The molecule has 0 aromatic heterocycles. The molecule has 0 saturated carbocycles. The molecule has 0 heterocycles. The van der Waals surface area contributed by atoms with E-state index in [1.807, 2.05) is 25.1 Å². The van der Waals surface area contributed by atoms with Crippen LogP contribution in [0.1, 0.15) is 35.2 Å². The normalized spacial score (nSPS) is 12.7. The van der Waals surface area contributed by atoms with Gasteiger partial charge in [0, 0.05) is 23.2 Å². The van der Waals surface area contributed by atoms with Gasteiger partial charge in [0.15, 0.2) is 0 Å². The Morgan fingerprint density at radius 3 is 2.12 bits per heavy atom. The summed E-state index contributed by atoms with van der Waals surface area (Å²) in [7, 11) is 0. The largest absolute Gasteiger partial charge is 0.457 e. The van der Waals surface area contributed by atoms with Crippen LogP contribution in [0.4, 0.5) is 32.0 Å². The summed E-state index contributed by atoms with van der Waals surface area (Å²) in [4.78, 5) is 1.63. The lowest BCUT2D eigenvalue weighted by molar-refractivity contribution is -0.137. The van der Waals surface area contributed by atoms with Crippen molar-refractivity contribution in [3.63, 3.8) is 0 Å². The van der Waals surface area contributed by atoms with Gasteiger partial charge in [0.05, 0.1) is 18.2 Å². The van der Waals surface area contributed by atoms with Crippen LogP contribution in [0.15, 0.2) is 102 Å². The number of aliphatic hydroxyl groups is 1. The highest BCUT2D eigenvalue weighted by Gasteiger charge is 2.32. The van der Waals surface area contributed by atoms with Gasteiger partial charge >= 0.3 is 11.7 Å². The minimum atomic E-state index is -4.59. The van der Waals surface area contributed by atoms with E-state index in [0.717, 1.165) is 24.1 Å². The monoisotopic (exact) mass is 591 g/mol. The van der Waals surface area contributed by atoms with E-state index >= 15 is 0 Å². The van der Waals surface area contributed by atoms with E-state index in [1.54, 1.807) is 41.3 Å². The molecular weight excluding hydrogens is 564 g/mol. The number of aryl methyl sites for hydroxylation is 1. The maximum Gasteiger partial charge on any atom is 0.446 e. The summed E-state index contributed by atoms with van der Waals surface area (Å²) in [5.41, 5.74) is -3.10. The van der Waals surface area contributed by atoms with Gasteiger partial charge in [-0.2, -0.15) is 26.3 Å². The second kappa shape index (κ2) is 12.9. The molecule has 4 rings (SSSR count). The molecule has 4 aromatic carbocycles. The lowest BCUT2D eigenvalue weighted by Gasteiger charge is -2.34. The average molecular weight is 592 g/mol. The molecule has 0 fully saturated rings. The quantitative estimate of drug-likeness (QED) is 0.147. The third-order valence-corrected chi connectivity index (χ3v) is 7.05. The number of thioether (sulfide) groups is 1. The van der Waals surface area contributed by atoms with Gasteiger partial charge in [-0.3, -0.25) is 0 Å². The van der Waals surface area contributed by atoms with Crippen LogP contribution in [0.5, 0.6) is 11.5 Å². The molecule has 1 N–H and O–H groups in total. The predicted octanol–water partition coefficient (Wildman–Crippen LogP) is 9.41. The number of rotatable bonds is 10. The number of alkyl halides is 6. The number of nitrogens with zero attached hydrogens (tertiary/aromatic N) is 1. The molecule has 0 aliphatic heterocycles. The first-order chi connectivity index (χ1) is 19.4. The summed E-state index contributed by atoms with van der Waals surface area (Å²) >= 11 is -0.253. The molecule has 0 aliphatic rings. The highest BCUT2D eigenvalue weighted by Crippen LogP contribution is 2.39. The molecule has 0 aliphatic carbocycles. The zero-order valence-corrected chi connectivity index (χ0v) is 22.7. The fourth-order valence-corrected chi connectivity index (χ4v) is 5.04. The number of halogens is 6. The lowest BCUT2D eigenvalue weighted by atomic mass is 10.0.